The van der Waals surface area contributed by atoms with Crippen molar-refractivity contribution in [3.8, 4) is 0 Å². The van der Waals surface area contributed by atoms with Gasteiger partial charge in [-0.3, -0.25) is 4.79 Å². The lowest BCUT2D eigenvalue weighted by Gasteiger charge is -2.15. The van der Waals surface area contributed by atoms with Crippen LogP contribution in [0.3, 0.4) is 0 Å². The van der Waals surface area contributed by atoms with Gasteiger partial charge in [-0.05, 0) is 34.1 Å². The first-order valence-corrected chi connectivity index (χ1v) is 7.78. The highest BCUT2D eigenvalue weighted by Gasteiger charge is 2.26. The second kappa shape index (κ2) is 7.96. The molecule has 0 aliphatic heterocycles. The Labute approximate surface area is 146 Å². The Hall–Kier alpha value is -2.35. The van der Waals surface area contributed by atoms with E-state index in [1.165, 1.54) is 26.5 Å². The lowest BCUT2D eigenvalue weighted by Crippen LogP contribution is -2.29. The number of ether oxygens (including phenoxy) is 3. The van der Waals surface area contributed by atoms with Crippen LogP contribution in [0.5, 0.6) is 0 Å². The second-order valence-corrected chi connectivity index (χ2v) is 5.68. The van der Waals surface area contributed by atoms with Crippen molar-refractivity contribution in [2.24, 2.45) is 0 Å². The molecule has 0 aliphatic rings. The van der Waals surface area contributed by atoms with Gasteiger partial charge in [0.1, 0.15) is 5.58 Å². The van der Waals surface area contributed by atoms with Gasteiger partial charge < -0.3 is 18.6 Å². The first-order chi connectivity index (χ1) is 11.5. The summed E-state index contributed by atoms with van der Waals surface area (Å²) in [5.41, 5.74) is 0.838. The van der Waals surface area contributed by atoms with Crippen molar-refractivity contribution in [3.63, 3.8) is 0 Å². The monoisotopic (exact) mass is 398 g/mol. The largest absolute Gasteiger partial charge is 0.469 e. The van der Waals surface area contributed by atoms with E-state index in [0.29, 0.717) is 15.4 Å². The number of carbonyl (C=O) groups is 3. The molecule has 1 atom stereocenters. The molecule has 1 heterocycles. The normalized spacial score (nSPS) is 11.8. The highest BCUT2D eigenvalue weighted by Crippen LogP contribution is 2.27. The maximum Gasteiger partial charge on any atom is 0.347 e. The van der Waals surface area contributed by atoms with Crippen molar-refractivity contribution >= 4 is 44.8 Å². The number of hydrogen-bond acceptors (Lipinski definition) is 7. The third-order valence-electron chi connectivity index (χ3n) is 3.29. The number of esters is 3. The van der Waals surface area contributed by atoms with Crippen molar-refractivity contribution in [3.05, 3.63) is 34.5 Å². The Morgan fingerprint density at radius 3 is 2.62 bits per heavy atom. The molecular weight excluding hydrogens is 384 g/mol. The Kier molecular flexibility index (Phi) is 5.97. The highest BCUT2D eigenvalue weighted by molar-refractivity contribution is 9.10. The SMILES string of the molecule is COC(=O)CC[C@H](OC(=O)c1cc(Br)c2occc2c1)C(=O)OC. The number of hydrogen-bond donors (Lipinski definition) is 0. The van der Waals surface area contributed by atoms with Crippen molar-refractivity contribution in [2.45, 2.75) is 18.9 Å². The molecule has 2 aromatic rings. The maximum atomic E-state index is 12.3. The molecule has 0 amide bonds. The smallest absolute Gasteiger partial charge is 0.347 e. The van der Waals surface area contributed by atoms with Gasteiger partial charge in [-0.2, -0.15) is 0 Å². The first-order valence-electron chi connectivity index (χ1n) is 6.98. The molecule has 1 aromatic carbocycles. The van der Waals surface area contributed by atoms with Crippen molar-refractivity contribution < 1.29 is 33.0 Å². The molecule has 7 nitrogen and oxygen atoms in total. The van der Waals surface area contributed by atoms with Crippen molar-refractivity contribution in [2.75, 3.05) is 14.2 Å². The van der Waals surface area contributed by atoms with E-state index in [9.17, 15) is 14.4 Å². The number of methoxy groups -OCH3 is 2. The van der Waals surface area contributed by atoms with Crippen LogP contribution in [-0.2, 0) is 23.8 Å². The molecule has 0 saturated carbocycles. The van der Waals surface area contributed by atoms with Gasteiger partial charge >= 0.3 is 17.9 Å². The number of benzene rings is 1. The summed E-state index contributed by atoms with van der Waals surface area (Å²) in [5.74, 6) is -1.96. The van der Waals surface area contributed by atoms with E-state index in [-0.39, 0.29) is 18.4 Å². The topological polar surface area (TPSA) is 92.0 Å². The lowest BCUT2D eigenvalue weighted by atomic mass is 10.1. The van der Waals surface area contributed by atoms with Crippen LogP contribution in [0.2, 0.25) is 0 Å². The summed E-state index contributed by atoms with van der Waals surface area (Å²) in [6.45, 7) is 0. The minimum atomic E-state index is -1.19. The predicted octanol–water partition coefficient (Wildman–Crippen LogP) is 2.85. The summed E-state index contributed by atoms with van der Waals surface area (Å²) >= 11 is 3.31. The first kappa shape index (κ1) is 18.0. The number of furan rings is 1. The van der Waals surface area contributed by atoms with Gasteiger partial charge in [0.2, 0.25) is 0 Å². The predicted molar refractivity (Wildman–Crippen MR) is 86.4 cm³/mol. The summed E-state index contributed by atoms with van der Waals surface area (Å²) in [6.07, 6.45) is 0.201. The van der Waals surface area contributed by atoms with E-state index < -0.39 is 24.0 Å². The molecule has 128 valence electrons. The molecule has 1 aromatic heterocycles. The third kappa shape index (κ3) is 4.14. The molecule has 0 radical (unpaired) electrons. The Morgan fingerprint density at radius 2 is 1.96 bits per heavy atom. The fourth-order valence-corrected chi connectivity index (χ4v) is 2.63. The van der Waals surface area contributed by atoms with Gasteiger partial charge in [0.15, 0.2) is 6.10 Å². The summed E-state index contributed by atoms with van der Waals surface area (Å²) in [5, 5.41) is 0.709. The lowest BCUT2D eigenvalue weighted by molar-refractivity contribution is -0.152. The summed E-state index contributed by atoms with van der Waals surface area (Å²) in [4.78, 5) is 35.3. The van der Waals surface area contributed by atoms with Crippen LogP contribution in [0.1, 0.15) is 23.2 Å². The Balaban J connectivity index is 2.15. The quantitative estimate of drug-likeness (QED) is 0.545. The zero-order valence-electron chi connectivity index (χ0n) is 13.0. The van der Waals surface area contributed by atoms with Crippen LogP contribution in [0.15, 0.2) is 33.4 Å². The molecule has 0 spiro atoms. The molecule has 0 N–H and O–H groups in total. The van der Waals surface area contributed by atoms with E-state index >= 15 is 0 Å². The average molecular weight is 399 g/mol. The van der Waals surface area contributed by atoms with Gasteiger partial charge in [-0.25, -0.2) is 9.59 Å². The number of rotatable bonds is 6. The Bertz CT molecular complexity index is 765. The van der Waals surface area contributed by atoms with Crippen LogP contribution in [0.25, 0.3) is 11.0 Å². The van der Waals surface area contributed by atoms with Crippen LogP contribution >= 0.6 is 15.9 Å². The molecule has 8 heteroatoms. The van der Waals surface area contributed by atoms with Crippen LogP contribution in [-0.4, -0.2) is 38.2 Å². The van der Waals surface area contributed by atoms with Crippen LogP contribution in [0, 0.1) is 0 Å². The minimum absolute atomic E-state index is 0.0276. The van der Waals surface area contributed by atoms with Crippen LogP contribution < -0.4 is 0 Å². The van der Waals surface area contributed by atoms with Gasteiger partial charge in [0, 0.05) is 18.2 Å². The number of halogens is 1. The summed E-state index contributed by atoms with van der Waals surface area (Å²) < 4.78 is 20.2. The van der Waals surface area contributed by atoms with E-state index in [0.717, 1.165) is 0 Å². The van der Waals surface area contributed by atoms with Crippen molar-refractivity contribution in [1.82, 2.24) is 0 Å². The zero-order chi connectivity index (χ0) is 17.7. The van der Waals surface area contributed by atoms with Gasteiger partial charge in [0.05, 0.1) is 30.5 Å². The van der Waals surface area contributed by atoms with E-state index in [2.05, 4.69) is 25.4 Å². The maximum absolute atomic E-state index is 12.3. The third-order valence-corrected chi connectivity index (χ3v) is 3.88. The van der Waals surface area contributed by atoms with Gasteiger partial charge in [0.25, 0.3) is 0 Å². The van der Waals surface area contributed by atoms with E-state index in [1.54, 1.807) is 12.1 Å². The molecule has 0 fully saturated rings. The van der Waals surface area contributed by atoms with E-state index in [4.69, 9.17) is 9.15 Å². The summed E-state index contributed by atoms with van der Waals surface area (Å²) in [7, 11) is 2.41. The molecule has 2 rings (SSSR count). The van der Waals surface area contributed by atoms with Gasteiger partial charge in [-0.1, -0.05) is 0 Å². The molecule has 0 unspecified atom stereocenters. The molecule has 0 saturated heterocycles. The fourth-order valence-electron chi connectivity index (χ4n) is 2.06. The average Bonchev–Trinajstić information content (AvgIpc) is 3.06. The van der Waals surface area contributed by atoms with E-state index in [1.807, 2.05) is 0 Å². The van der Waals surface area contributed by atoms with Crippen molar-refractivity contribution in [1.29, 1.82) is 0 Å². The molecule has 0 bridgehead atoms. The second-order valence-electron chi connectivity index (χ2n) is 4.83. The standard InChI is InChI=1S/C16H15BrO7/c1-21-13(18)4-3-12(16(20)22-2)24-15(19)10-7-9-5-6-23-14(9)11(17)8-10/h5-8,12H,3-4H2,1-2H3/t12-/m0/s1. The van der Waals surface area contributed by atoms with Gasteiger partial charge in [-0.15, -0.1) is 0 Å². The zero-order valence-corrected chi connectivity index (χ0v) is 14.6. The molecule has 24 heavy (non-hydrogen) atoms. The molecular formula is C16H15BrO7. The number of fused-ring (bicyclic) bond motifs is 1. The summed E-state index contributed by atoms with van der Waals surface area (Å²) in [6, 6.07) is 4.81. The minimum Gasteiger partial charge on any atom is -0.469 e. The fraction of sp³-hybridized carbons (Fsp3) is 0.312. The highest BCUT2D eigenvalue weighted by atomic mass is 79.9. The molecule has 0 aliphatic carbocycles. The number of carbonyl (C=O) groups excluding carboxylic acids is 3. The Morgan fingerprint density at radius 1 is 1.21 bits per heavy atom. The van der Waals surface area contributed by atoms with Crippen LogP contribution in [0.4, 0.5) is 0 Å².